The molecule has 0 spiro atoms. The number of nitrogens with two attached hydrogens (primary N) is 1. The van der Waals surface area contributed by atoms with Crippen molar-refractivity contribution < 1.29 is 0 Å². The summed E-state index contributed by atoms with van der Waals surface area (Å²) in [7, 11) is 0. The molecular formula is C18H25N. The SMILES string of the molecule is C/C=C(C(/N)=C\CC)\C(=C\CC)c1ccccc1C. The second-order valence-electron chi connectivity index (χ2n) is 4.61. The third-order valence-corrected chi connectivity index (χ3v) is 3.16. The molecule has 0 bridgehead atoms. The van der Waals surface area contributed by atoms with Crippen LogP contribution in [0.2, 0.25) is 0 Å². The van der Waals surface area contributed by atoms with Crippen LogP contribution in [0.3, 0.4) is 0 Å². The summed E-state index contributed by atoms with van der Waals surface area (Å²) in [6, 6.07) is 8.47. The van der Waals surface area contributed by atoms with Crippen molar-refractivity contribution in [2.75, 3.05) is 0 Å². The highest BCUT2D eigenvalue weighted by Crippen LogP contribution is 2.29. The van der Waals surface area contributed by atoms with Gasteiger partial charge in [-0.15, -0.1) is 0 Å². The van der Waals surface area contributed by atoms with E-state index < -0.39 is 0 Å². The van der Waals surface area contributed by atoms with Crippen LogP contribution in [0.25, 0.3) is 5.57 Å². The van der Waals surface area contributed by atoms with Gasteiger partial charge in [-0.05, 0) is 43.4 Å². The number of aryl methyl sites for hydroxylation is 1. The van der Waals surface area contributed by atoms with Gasteiger partial charge in [-0.25, -0.2) is 0 Å². The van der Waals surface area contributed by atoms with Crippen LogP contribution in [0.5, 0.6) is 0 Å². The molecule has 1 rings (SSSR count). The molecule has 1 aromatic rings. The van der Waals surface area contributed by atoms with E-state index in [1.165, 1.54) is 16.7 Å². The van der Waals surface area contributed by atoms with E-state index in [1.807, 2.05) is 6.92 Å². The Kier molecular flexibility index (Phi) is 6.14. The first-order chi connectivity index (χ1) is 9.15. The van der Waals surface area contributed by atoms with Crippen LogP contribution in [-0.2, 0) is 0 Å². The number of rotatable bonds is 5. The topological polar surface area (TPSA) is 26.0 Å². The Morgan fingerprint density at radius 2 is 1.74 bits per heavy atom. The van der Waals surface area contributed by atoms with Gasteiger partial charge in [0.15, 0.2) is 0 Å². The minimum Gasteiger partial charge on any atom is -0.398 e. The lowest BCUT2D eigenvalue weighted by Crippen LogP contribution is -2.04. The molecule has 0 amide bonds. The number of benzene rings is 1. The number of hydrogen-bond acceptors (Lipinski definition) is 1. The van der Waals surface area contributed by atoms with E-state index in [2.05, 4.69) is 63.3 Å². The summed E-state index contributed by atoms with van der Waals surface area (Å²) in [5, 5.41) is 0. The van der Waals surface area contributed by atoms with Gasteiger partial charge in [-0.1, -0.05) is 56.3 Å². The Bertz CT molecular complexity index is 504. The Balaban J connectivity index is 3.34. The summed E-state index contributed by atoms with van der Waals surface area (Å²) in [4.78, 5) is 0. The van der Waals surface area contributed by atoms with Gasteiger partial charge in [-0.2, -0.15) is 0 Å². The normalized spacial score (nSPS) is 13.8. The molecule has 0 atom stereocenters. The van der Waals surface area contributed by atoms with Gasteiger partial charge < -0.3 is 5.73 Å². The highest BCUT2D eigenvalue weighted by molar-refractivity contribution is 5.84. The molecule has 0 aliphatic rings. The van der Waals surface area contributed by atoms with Crippen LogP contribution in [0.1, 0.15) is 44.7 Å². The molecule has 1 heteroatoms. The van der Waals surface area contributed by atoms with Crippen molar-refractivity contribution in [1.29, 1.82) is 0 Å². The fourth-order valence-corrected chi connectivity index (χ4v) is 2.25. The molecule has 102 valence electrons. The van der Waals surface area contributed by atoms with Gasteiger partial charge in [0, 0.05) is 11.3 Å². The maximum atomic E-state index is 6.21. The zero-order valence-electron chi connectivity index (χ0n) is 12.5. The van der Waals surface area contributed by atoms with Crippen molar-refractivity contribution >= 4 is 5.57 Å². The number of allylic oxidation sites excluding steroid dienone is 4. The second kappa shape index (κ2) is 7.63. The Morgan fingerprint density at radius 3 is 2.26 bits per heavy atom. The van der Waals surface area contributed by atoms with E-state index in [9.17, 15) is 0 Å². The van der Waals surface area contributed by atoms with E-state index in [0.29, 0.717) is 0 Å². The molecule has 0 aliphatic carbocycles. The van der Waals surface area contributed by atoms with Crippen molar-refractivity contribution in [2.24, 2.45) is 5.73 Å². The smallest absolute Gasteiger partial charge is 0.0349 e. The largest absolute Gasteiger partial charge is 0.398 e. The van der Waals surface area contributed by atoms with Gasteiger partial charge in [0.25, 0.3) is 0 Å². The maximum absolute atomic E-state index is 6.21. The van der Waals surface area contributed by atoms with Gasteiger partial charge in [0.2, 0.25) is 0 Å². The molecule has 0 aliphatic heterocycles. The average molecular weight is 255 g/mol. The average Bonchev–Trinajstić information content (AvgIpc) is 2.40. The lowest BCUT2D eigenvalue weighted by molar-refractivity contribution is 1.16. The van der Waals surface area contributed by atoms with Crippen molar-refractivity contribution in [1.82, 2.24) is 0 Å². The van der Waals surface area contributed by atoms with Crippen molar-refractivity contribution in [3.05, 3.63) is 64.9 Å². The van der Waals surface area contributed by atoms with Crippen LogP contribution in [0.4, 0.5) is 0 Å². The lowest BCUT2D eigenvalue weighted by Gasteiger charge is -2.15. The minimum atomic E-state index is 0.868. The molecule has 1 nitrogen and oxygen atoms in total. The molecule has 0 unspecified atom stereocenters. The monoisotopic (exact) mass is 255 g/mol. The van der Waals surface area contributed by atoms with Crippen LogP contribution in [0.15, 0.2) is 53.8 Å². The molecule has 19 heavy (non-hydrogen) atoms. The first kappa shape index (κ1) is 15.3. The van der Waals surface area contributed by atoms with E-state index in [4.69, 9.17) is 5.73 Å². The molecule has 0 saturated carbocycles. The minimum absolute atomic E-state index is 0.868. The third-order valence-electron chi connectivity index (χ3n) is 3.16. The van der Waals surface area contributed by atoms with Gasteiger partial charge in [0.05, 0.1) is 0 Å². The van der Waals surface area contributed by atoms with E-state index in [0.717, 1.165) is 24.1 Å². The van der Waals surface area contributed by atoms with Crippen molar-refractivity contribution in [2.45, 2.75) is 40.5 Å². The molecular weight excluding hydrogens is 230 g/mol. The molecule has 0 radical (unpaired) electrons. The van der Waals surface area contributed by atoms with Gasteiger partial charge in [-0.3, -0.25) is 0 Å². The van der Waals surface area contributed by atoms with E-state index in [1.54, 1.807) is 0 Å². The first-order valence-corrected chi connectivity index (χ1v) is 7.04. The summed E-state index contributed by atoms with van der Waals surface area (Å²) >= 11 is 0. The molecule has 0 heterocycles. The van der Waals surface area contributed by atoms with Crippen molar-refractivity contribution in [3.63, 3.8) is 0 Å². The lowest BCUT2D eigenvalue weighted by atomic mass is 9.91. The summed E-state index contributed by atoms with van der Waals surface area (Å²) < 4.78 is 0. The van der Waals surface area contributed by atoms with Crippen molar-refractivity contribution in [3.8, 4) is 0 Å². The Morgan fingerprint density at radius 1 is 1.11 bits per heavy atom. The zero-order chi connectivity index (χ0) is 14.3. The first-order valence-electron chi connectivity index (χ1n) is 7.04. The summed E-state index contributed by atoms with van der Waals surface area (Å²) in [5.74, 6) is 0. The predicted molar refractivity (Wildman–Crippen MR) is 85.8 cm³/mol. The van der Waals surface area contributed by atoms with Crippen LogP contribution < -0.4 is 5.73 Å². The molecule has 0 aromatic heterocycles. The summed E-state index contributed by atoms with van der Waals surface area (Å²) in [6.45, 7) is 8.46. The third kappa shape index (κ3) is 3.85. The Hall–Kier alpha value is -1.76. The summed E-state index contributed by atoms with van der Waals surface area (Å²) in [5.41, 5.74) is 12.0. The molecule has 2 N–H and O–H groups in total. The standard InChI is InChI=1S/C18H25N/c1-5-10-17(15(7-3)18(19)11-6-2)16-13-9-8-12-14(16)4/h7-13H,5-6,19H2,1-4H3/b15-7+,17-10-,18-11+. The fourth-order valence-electron chi connectivity index (χ4n) is 2.25. The quantitative estimate of drug-likeness (QED) is 0.737. The molecule has 1 aromatic carbocycles. The zero-order valence-corrected chi connectivity index (χ0v) is 12.5. The van der Waals surface area contributed by atoms with Gasteiger partial charge >= 0.3 is 0 Å². The fraction of sp³-hybridized carbons (Fsp3) is 0.333. The van der Waals surface area contributed by atoms with Crippen LogP contribution in [-0.4, -0.2) is 0 Å². The maximum Gasteiger partial charge on any atom is 0.0349 e. The highest BCUT2D eigenvalue weighted by atomic mass is 14.6. The van der Waals surface area contributed by atoms with Crippen LogP contribution in [0, 0.1) is 6.92 Å². The number of hydrogen-bond donors (Lipinski definition) is 1. The van der Waals surface area contributed by atoms with Gasteiger partial charge in [0.1, 0.15) is 0 Å². The molecule has 0 fully saturated rings. The Labute approximate surface area is 117 Å². The van der Waals surface area contributed by atoms with E-state index in [-0.39, 0.29) is 0 Å². The second-order valence-corrected chi connectivity index (χ2v) is 4.61. The highest BCUT2D eigenvalue weighted by Gasteiger charge is 2.11. The predicted octanol–water partition coefficient (Wildman–Crippen LogP) is 4.99. The van der Waals surface area contributed by atoms with Crippen LogP contribution >= 0.6 is 0 Å². The summed E-state index contributed by atoms with van der Waals surface area (Å²) in [6.07, 6.45) is 8.40. The molecule has 0 saturated heterocycles. The van der Waals surface area contributed by atoms with E-state index >= 15 is 0 Å².